The fraction of sp³-hybridized carbons (Fsp3) is 0.316. The Kier molecular flexibility index (Phi) is 5.07. The average Bonchev–Trinajstić information content (AvgIpc) is 2.99. The Balaban J connectivity index is 1.88. The largest absolute Gasteiger partial charge is 0.311 e. The quantitative estimate of drug-likeness (QED) is 0.580. The molecule has 0 unspecified atom stereocenters. The molecular formula is C19H20N4O. The first kappa shape index (κ1) is 16.0. The molecule has 5 heteroatoms. The molecule has 3 rings (SSSR count). The van der Waals surface area contributed by atoms with Gasteiger partial charge in [0.1, 0.15) is 0 Å². The van der Waals surface area contributed by atoms with E-state index < -0.39 is 0 Å². The summed E-state index contributed by atoms with van der Waals surface area (Å²) in [6, 6.07) is 10.0. The van der Waals surface area contributed by atoms with Crippen LogP contribution in [0.2, 0.25) is 0 Å². The maximum atomic E-state index is 12.2. The molecule has 0 saturated carbocycles. The molecule has 3 aromatic rings. The lowest BCUT2D eigenvalue weighted by atomic mass is 10.2. The summed E-state index contributed by atoms with van der Waals surface area (Å²) in [6.07, 6.45) is 5.88. The average molecular weight is 320 g/mol. The second-order valence-electron chi connectivity index (χ2n) is 5.70. The van der Waals surface area contributed by atoms with Crippen LogP contribution in [-0.2, 0) is 6.54 Å². The van der Waals surface area contributed by atoms with Gasteiger partial charge in [0.2, 0.25) is 0 Å². The van der Waals surface area contributed by atoms with Crippen molar-refractivity contribution in [1.82, 2.24) is 19.5 Å². The molecule has 0 spiro atoms. The molecule has 0 saturated heterocycles. The predicted molar refractivity (Wildman–Crippen MR) is 94.7 cm³/mol. The highest BCUT2D eigenvalue weighted by atomic mass is 16.1. The Morgan fingerprint density at radius 2 is 2.04 bits per heavy atom. The molecule has 0 aliphatic carbocycles. The van der Waals surface area contributed by atoms with Crippen LogP contribution in [0.3, 0.4) is 0 Å². The van der Waals surface area contributed by atoms with Crippen molar-refractivity contribution >= 4 is 11.2 Å². The number of benzene rings is 1. The number of hydrogen-bond donors (Lipinski definition) is 1. The summed E-state index contributed by atoms with van der Waals surface area (Å²) < 4.78 is 1.88. The first-order chi connectivity index (χ1) is 11.8. The van der Waals surface area contributed by atoms with Gasteiger partial charge in [0.15, 0.2) is 17.0 Å². The van der Waals surface area contributed by atoms with Crippen LogP contribution >= 0.6 is 0 Å². The molecule has 2 aromatic heterocycles. The zero-order valence-electron chi connectivity index (χ0n) is 13.7. The lowest BCUT2D eigenvalue weighted by molar-refractivity contribution is 0.737. The van der Waals surface area contributed by atoms with Crippen LogP contribution in [0.1, 0.15) is 44.0 Å². The maximum Gasteiger partial charge on any atom is 0.279 e. The highest BCUT2D eigenvalue weighted by Gasteiger charge is 2.09. The van der Waals surface area contributed by atoms with Gasteiger partial charge < -0.3 is 4.57 Å². The monoisotopic (exact) mass is 320 g/mol. The number of rotatable bonds is 5. The van der Waals surface area contributed by atoms with E-state index in [9.17, 15) is 4.79 Å². The number of imidazole rings is 1. The fourth-order valence-corrected chi connectivity index (χ4v) is 2.52. The van der Waals surface area contributed by atoms with Gasteiger partial charge in [-0.25, -0.2) is 9.97 Å². The molecule has 0 bridgehead atoms. The van der Waals surface area contributed by atoms with E-state index in [4.69, 9.17) is 0 Å². The summed E-state index contributed by atoms with van der Waals surface area (Å²) in [5.41, 5.74) is 1.80. The SMILES string of the molecule is CCCCCC#Cc1nc2c(ncn2Cc2ccccc2)c(=O)[nH]1. The van der Waals surface area contributed by atoms with Crippen molar-refractivity contribution in [3.63, 3.8) is 0 Å². The molecule has 0 aliphatic heterocycles. The highest BCUT2D eigenvalue weighted by molar-refractivity contribution is 5.69. The summed E-state index contributed by atoms with van der Waals surface area (Å²) in [4.78, 5) is 23.5. The lowest BCUT2D eigenvalue weighted by Crippen LogP contribution is -2.11. The molecule has 122 valence electrons. The third-order valence-corrected chi connectivity index (χ3v) is 3.78. The molecule has 0 atom stereocenters. The van der Waals surface area contributed by atoms with Gasteiger partial charge in [-0.2, -0.15) is 0 Å². The zero-order chi connectivity index (χ0) is 16.8. The van der Waals surface area contributed by atoms with Gasteiger partial charge in [0, 0.05) is 6.42 Å². The minimum Gasteiger partial charge on any atom is -0.311 e. The van der Waals surface area contributed by atoms with Crippen LogP contribution in [0.4, 0.5) is 0 Å². The molecule has 0 aliphatic rings. The Labute approximate surface area is 140 Å². The fourth-order valence-electron chi connectivity index (χ4n) is 2.52. The van der Waals surface area contributed by atoms with E-state index in [1.165, 1.54) is 12.8 Å². The molecule has 1 aromatic carbocycles. The van der Waals surface area contributed by atoms with E-state index in [2.05, 4.69) is 33.7 Å². The van der Waals surface area contributed by atoms with Crippen molar-refractivity contribution in [3.05, 3.63) is 58.4 Å². The number of aromatic amines is 1. The van der Waals surface area contributed by atoms with Gasteiger partial charge >= 0.3 is 0 Å². The third kappa shape index (κ3) is 3.72. The van der Waals surface area contributed by atoms with E-state index in [1.807, 2.05) is 34.9 Å². The minimum absolute atomic E-state index is 0.246. The normalized spacial score (nSPS) is 10.5. The van der Waals surface area contributed by atoms with Crippen LogP contribution in [0.5, 0.6) is 0 Å². The number of hydrogen-bond acceptors (Lipinski definition) is 3. The summed E-state index contributed by atoms with van der Waals surface area (Å²) >= 11 is 0. The summed E-state index contributed by atoms with van der Waals surface area (Å²) in [5, 5.41) is 0. The second-order valence-corrected chi connectivity index (χ2v) is 5.70. The van der Waals surface area contributed by atoms with Crippen molar-refractivity contribution in [2.45, 2.75) is 39.2 Å². The maximum absolute atomic E-state index is 12.2. The molecular weight excluding hydrogens is 300 g/mol. The molecule has 1 N–H and O–H groups in total. The van der Waals surface area contributed by atoms with Crippen molar-refractivity contribution in [2.24, 2.45) is 0 Å². The van der Waals surface area contributed by atoms with Crippen LogP contribution in [-0.4, -0.2) is 19.5 Å². The van der Waals surface area contributed by atoms with Crippen molar-refractivity contribution in [3.8, 4) is 11.8 Å². The standard InChI is InChI=1S/C19H20N4O/c1-2-3-4-5-9-12-16-21-18-17(19(24)22-16)20-14-23(18)13-15-10-7-6-8-11-15/h6-8,10-11,14H,2-5,13H2,1H3,(H,21,22,24). The van der Waals surface area contributed by atoms with E-state index in [0.717, 1.165) is 18.4 Å². The highest BCUT2D eigenvalue weighted by Crippen LogP contribution is 2.09. The van der Waals surface area contributed by atoms with Crippen LogP contribution in [0.25, 0.3) is 11.2 Å². The number of H-pyrrole nitrogens is 1. The Hall–Kier alpha value is -2.87. The second kappa shape index (κ2) is 7.60. The van der Waals surface area contributed by atoms with Gasteiger partial charge in [0.05, 0.1) is 12.9 Å². The summed E-state index contributed by atoms with van der Waals surface area (Å²) in [7, 11) is 0. The molecule has 5 nitrogen and oxygen atoms in total. The van der Waals surface area contributed by atoms with Gasteiger partial charge in [-0.1, -0.05) is 56.0 Å². The topological polar surface area (TPSA) is 63.6 Å². The molecule has 0 amide bonds. The molecule has 0 radical (unpaired) electrons. The number of aromatic nitrogens is 4. The van der Waals surface area contributed by atoms with E-state index in [-0.39, 0.29) is 5.56 Å². The van der Waals surface area contributed by atoms with E-state index >= 15 is 0 Å². The summed E-state index contributed by atoms with van der Waals surface area (Å²) in [5.74, 6) is 6.44. The molecule has 0 fully saturated rings. The number of fused-ring (bicyclic) bond motifs is 1. The predicted octanol–water partition coefficient (Wildman–Crippen LogP) is 3.10. The van der Waals surface area contributed by atoms with Gasteiger partial charge in [-0.3, -0.25) is 9.78 Å². The van der Waals surface area contributed by atoms with Crippen molar-refractivity contribution in [2.75, 3.05) is 0 Å². The van der Waals surface area contributed by atoms with Crippen molar-refractivity contribution in [1.29, 1.82) is 0 Å². The number of unbranched alkanes of at least 4 members (excludes halogenated alkanes) is 3. The molecule has 2 heterocycles. The van der Waals surface area contributed by atoms with Gasteiger partial charge in [-0.15, -0.1) is 0 Å². The Bertz CT molecular complexity index is 929. The lowest BCUT2D eigenvalue weighted by Gasteiger charge is -2.03. The third-order valence-electron chi connectivity index (χ3n) is 3.78. The van der Waals surface area contributed by atoms with E-state index in [0.29, 0.717) is 23.5 Å². The molecule has 24 heavy (non-hydrogen) atoms. The van der Waals surface area contributed by atoms with Crippen LogP contribution in [0.15, 0.2) is 41.5 Å². The van der Waals surface area contributed by atoms with E-state index in [1.54, 1.807) is 6.33 Å². The van der Waals surface area contributed by atoms with Gasteiger partial charge in [-0.05, 0) is 17.9 Å². The zero-order valence-corrected chi connectivity index (χ0v) is 13.7. The number of nitrogens with one attached hydrogen (secondary N) is 1. The van der Waals surface area contributed by atoms with Crippen LogP contribution < -0.4 is 5.56 Å². The van der Waals surface area contributed by atoms with Gasteiger partial charge in [0.25, 0.3) is 5.56 Å². The smallest absolute Gasteiger partial charge is 0.279 e. The van der Waals surface area contributed by atoms with Crippen LogP contribution in [0, 0.1) is 11.8 Å². The first-order valence-electron chi connectivity index (χ1n) is 8.26. The Morgan fingerprint density at radius 1 is 1.21 bits per heavy atom. The number of nitrogens with zero attached hydrogens (tertiary/aromatic N) is 3. The minimum atomic E-state index is -0.246. The Morgan fingerprint density at radius 3 is 2.83 bits per heavy atom. The van der Waals surface area contributed by atoms with Crippen molar-refractivity contribution < 1.29 is 0 Å². The summed E-state index contributed by atoms with van der Waals surface area (Å²) in [6.45, 7) is 2.78. The first-order valence-corrected chi connectivity index (χ1v) is 8.26.